The lowest BCUT2D eigenvalue weighted by molar-refractivity contribution is 0.433. The van der Waals surface area contributed by atoms with Crippen LogP contribution in [0.15, 0.2) is 11.1 Å². The summed E-state index contributed by atoms with van der Waals surface area (Å²) in [6, 6.07) is 0. The predicted molar refractivity (Wildman–Crippen MR) is 73.7 cm³/mol. The van der Waals surface area contributed by atoms with Crippen LogP contribution in [0.1, 0.15) is 85.0 Å². The van der Waals surface area contributed by atoms with E-state index >= 15 is 0 Å². The highest BCUT2D eigenvalue weighted by molar-refractivity contribution is 5.28. The monoisotopic (exact) mass is 222 g/mol. The van der Waals surface area contributed by atoms with Gasteiger partial charge in [0, 0.05) is 0 Å². The molecule has 0 saturated carbocycles. The van der Waals surface area contributed by atoms with Crippen molar-refractivity contribution < 1.29 is 0 Å². The minimum atomic E-state index is 0.985. The second-order valence-electron chi connectivity index (χ2n) is 5.38. The second kappa shape index (κ2) is 7.92. The van der Waals surface area contributed by atoms with E-state index in [9.17, 15) is 0 Å². The molecule has 0 aromatic rings. The summed E-state index contributed by atoms with van der Waals surface area (Å²) in [6.45, 7) is 6.93. The molecule has 0 nitrogen and oxygen atoms in total. The maximum Gasteiger partial charge on any atom is -0.0163 e. The number of hydrogen-bond acceptors (Lipinski definition) is 0. The molecule has 0 aromatic carbocycles. The minimum Gasteiger partial charge on any atom is -0.0701 e. The van der Waals surface area contributed by atoms with E-state index in [1.165, 1.54) is 64.2 Å². The zero-order valence-electron chi connectivity index (χ0n) is 11.6. The summed E-state index contributed by atoms with van der Waals surface area (Å²) < 4.78 is 0. The Labute approximate surface area is 103 Å². The van der Waals surface area contributed by atoms with Crippen LogP contribution in [0, 0.1) is 5.92 Å². The first kappa shape index (κ1) is 13.8. The van der Waals surface area contributed by atoms with Gasteiger partial charge in [-0.1, -0.05) is 57.6 Å². The molecule has 1 atom stereocenters. The van der Waals surface area contributed by atoms with E-state index in [0.29, 0.717) is 0 Å². The van der Waals surface area contributed by atoms with Crippen molar-refractivity contribution in [1.29, 1.82) is 0 Å². The Bertz CT molecular complexity index is 212. The summed E-state index contributed by atoms with van der Waals surface area (Å²) in [7, 11) is 0. The minimum absolute atomic E-state index is 0.985. The van der Waals surface area contributed by atoms with Crippen LogP contribution < -0.4 is 0 Å². The smallest absolute Gasteiger partial charge is 0.0163 e. The maximum atomic E-state index is 2.31. The molecular formula is C16H30. The quantitative estimate of drug-likeness (QED) is 0.428. The van der Waals surface area contributed by atoms with Crippen LogP contribution in [-0.2, 0) is 0 Å². The van der Waals surface area contributed by atoms with Gasteiger partial charge in [-0.05, 0) is 44.4 Å². The Morgan fingerprint density at radius 3 is 2.12 bits per heavy atom. The summed E-state index contributed by atoms with van der Waals surface area (Å²) in [4.78, 5) is 0. The SMILES string of the molecule is CCCCC1=C(CCCC)C(CCCC)C1. The third-order valence-electron chi connectivity index (χ3n) is 3.98. The van der Waals surface area contributed by atoms with Gasteiger partial charge in [0.25, 0.3) is 0 Å². The Kier molecular flexibility index (Phi) is 6.84. The molecule has 0 bridgehead atoms. The summed E-state index contributed by atoms with van der Waals surface area (Å²) >= 11 is 0. The molecule has 94 valence electrons. The molecular weight excluding hydrogens is 192 g/mol. The zero-order chi connectivity index (χ0) is 11.8. The van der Waals surface area contributed by atoms with Gasteiger partial charge in [-0.15, -0.1) is 0 Å². The van der Waals surface area contributed by atoms with Crippen LogP contribution in [0.4, 0.5) is 0 Å². The van der Waals surface area contributed by atoms with Crippen molar-refractivity contribution in [3.8, 4) is 0 Å². The maximum absolute atomic E-state index is 2.31. The van der Waals surface area contributed by atoms with Gasteiger partial charge in [0.1, 0.15) is 0 Å². The van der Waals surface area contributed by atoms with Crippen LogP contribution in [0.25, 0.3) is 0 Å². The molecule has 0 amide bonds. The first-order valence-electron chi connectivity index (χ1n) is 7.54. The van der Waals surface area contributed by atoms with Crippen molar-refractivity contribution in [3.63, 3.8) is 0 Å². The number of allylic oxidation sites excluding steroid dienone is 2. The molecule has 0 N–H and O–H groups in total. The normalized spacial score (nSPS) is 20.1. The van der Waals surface area contributed by atoms with Crippen molar-refractivity contribution >= 4 is 0 Å². The molecule has 0 fully saturated rings. The molecule has 0 heterocycles. The number of unbranched alkanes of at least 4 members (excludes halogenated alkanes) is 3. The standard InChI is InChI=1S/C16H30/c1-4-7-10-14-13-15(11-8-5-2)16(14)12-9-6-3/h14H,4-13H2,1-3H3. The van der Waals surface area contributed by atoms with Crippen molar-refractivity contribution in [2.75, 3.05) is 0 Å². The fourth-order valence-electron chi connectivity index (χ4n) is 2.84. The number of rotatable bonds is 9. The Morgan fingerprint density at radius 1 is 0.875 bits per heavy atom. The van der Waals surface area contributed by atoms with Gasteiger partial charge in [-0.25, -0.2) is 0 Å². The summed E-state index contributed by atoms with van der Waals surface area (Å²) in [5, 5.41) is 0. The average molecular weight is 222 g/mol. The highest BCUT2D eigenvalue weighted by Gasteiger charge is 2.27. The van der Waals surface area contributed by atoms with Crippen molar-refractivity contribution in [3.05, 3.63) is 11.1 Å². The lowest BCUT2D eigenvalue weighted by atomic mass is 9.71. The highest BCUT2D eigenvalue weighted by atomic mass is 14.3. The van der Waals surface area contributed by atoms with Gasteiger partial charge >= 0.3 is 0 Å². The van der Waals surface area contributed by atoms with Crippen molar-refractivity contribution in [2.24, 2.45) is 5.92 Å². The molecule has 0 aliphatic heterocycles. The van der Waals surface area contributed by atoms with Gasteiger partial charge in [-0.2, -0.15) is 0 Å². The van der Waals surface area contributed by atoms with Gasteiger partial charge in [-0.3, -0.25) is 0 Å². The molecule has 0 radical (unpaired) electrons. The fraction of sp³-hybridized carbons (Fsp3) is 0.875. The van der Waals surface area contributed by atoms with Gasteiger partial charge in [0.15, 0.2) is 0 Å². The molecule has 0 aromatic heterocycles. The molecule has 1 unspecified atom stereocenters. The average Bonchev–Trinajstić information content (AvgIpc) is 2.28. The number of hydrogen-bond donors (Lipinski definition) is 0. The summed E-state index contributed by atoms with van der Waals surface area (Å²) in [5.74, 6) is 0.985. The lowest BCUT2D eigenvalue weighted by Crippen LogP contribution is -2.19. The molecule has 16 heavy (non-hydrogen) atoms. The summed E-state index contributed by atoms with van der Waals surface area (Å²) in [5.41, 5.74) is 3.72. The first-order chi connectivity index (χ1) is 7.83. The van der Waals surface area contributed by atoms with Crippen LogP contribution in [0.3, 0.4) is 0 Å². The highest BCUT2D eigenvalue weighted by Crippen LogP contribution is 2.43. The Morgan fingerprint density at radius 2 is 1.50 bits per heavy atom. The fourth-order valence-corrected chi connectivity index (χ4v) is 2.84. The molecule has 1 aliphatic rings. The van der Waals surface area contributed by atoms with Crippen LogP contribution in [-0.4, -0.2) is 0 Å². The van der Waals surface area contributed by atoms with E-state index in [1.807, 2.05) is 11.1 Å². The largest absolute Gasteiger partial charge is 0.0701 e. The van der Waals surface area contributed by atoms with Gasteiger partial charge in [0.05, 0.1) is 0 Å². The topological polar surface area (TPSA) is 0 Å². The Balaban J connectivity index is 2.41. The van der Waals surface area contributed by atoms with Crippen molar-refractivity contribution in [1.82, 2.24) is 0 Å². The first-order valence-corrected chi connectivity index (χ1v) is 7.54. The predicted octanol–water partition coefficient (Wildman–Crippen LogP) is 5.87. The van der Waals surface area contributed by atoms with Gasteiger partial charge in [0.2, 0.25) is 0 Å². The molecule has 0 saturated heterocycles. The molecule has 1 rings (SSSR count). The van der Waals surface area contributed by atoms with Crippen LogP contribution in [0.2, 0.25) is 0 Å². The molecule has 0 heteroatoms. The van der Waals surface area contributed by atoms with Crippen LogP contribution >= 0.6 is 0 Å². The van der Waals surface area contributed by atoms with Crippen molar-refractivity contribution in [2.45, 2.75) is 85.0 Å². The van der Waals surface area contributed by atoms with E-state index in [-0.39, 0.29) is 0 Å². The third kappa shape index (κ3) is 3.96. The van der Waals surface area contributed by atoms with E-state index < -0.39 is 0 Å². The zero-order valence-corrected chi connectivity index (χ0v) is 11.6. The van der Waals surface area contributed by atoms with E-state index in [2.05, 4.69) is 20.8 Å². The summed E-state index contributed by atoms with van der Waals surface area (Å²) in [6.07, 6.45) is 14.0. The second-order valence-corrected chi connectivity index (χ2v) is 5.38. The lowest BCUT2D eigenvalue weighted by Gasteiger charge is -2.34. The molecule has 1 aliphatic carbocycles. The Hall–Kier alpha value is -0.260. The molecule has 0 spiro atoms. The van der Waals surface area contributed by atoms with E-state index in [0.717, 1.165) is 5.92 Å². The third-order valence-corrected chi connectivity index (χ3v) is 3.98. The van der Waals surface area contributed by atoms with E-state index in [4.69, 9.17) is 0 Å². The van der Waals surface area contributed by atoms with E-state index in [1.54, 1.807) is 0 Å². The van der Waals surface area contributed by atoms with Crippen LogP contribution in [0.5, 0.6) is 0 Å². The van der Waals surface area contributed by atoms with Gasteiger partial charge < -0.3 is 0 Å².